The van der Waals surface area contributed by atoms with Crippen molar-refractivity contribution in [2.24, 2.45) is 0 Å². The maximum atomic E-state index is 12.3. The summed E-state index contributed by atoms with van der Waals surface area (Å²) in [6.45, 7) is 5.63. The lowest BCUT2D eigenvalue weighted by Crippen LogP contribution is -2.32. The molecule has 1 amide bonds. The fraction of sp³-hybridized carbons (Fsp3) is 0.350. The molecule has 2 atom stereocenters. The van der Waals surface area contributed by atoms with Gasteiger partial charge in [0.25, 0.3) is 0 Å². The predicted octanol–water partition coefficient (Wildman–Crippen LogP) is 2.59. The van der Waals surface area contributed by atoms with E-state index >= 15 is 0 Å². The molecular weight excluding hydrogens is 396 g/mol. The van der Waals surface area contributed by atoms with Crippen LogP contribution in [0.5, 0.6) is 0 Å². The van der Waals surface area contributed by atoms with Crippen molar-refractivity contribution in [2.45, 2.75) is 43.0 Å². The lowest BCUT2D eigenvalue weighted by molar-refractivity contribution is -0.121. The molecule has 2 rings (SSSR count). The number of aryl methyl sites for hydroxylation is 2. The lowest BCUT2D eigenvalue weighted by Gasteiger charge is -2.15. The molecule has 0 aliphatic carbocycles. The molecule has 8 heteroatoms. The van der Waals surface area contributed by atoms with Crippen molar-refractivity contribution in [3.8, 4) is 0 Å². The minimum Gasteiger partial charge on any atom is -0.350 e. The van der Waals surface area contributed by atoms with Crippen molar-refractivity contribution in [3.63, 3.8) is 0 Å². The summed E-state index contributed by atoms with van der Waals surface area (Å²) in [7, 11) is -4.69. The summed E-state index contributed by atoms with van der Waals surface area (Å²) in [4.78, 5) is 13.0. The van der Waals surface area contributed by atoms with Crippen molar-refractivity contribution < 1.29 is 17.4 Å². The second-order valence-corrected chi connectivity index (χ2v) is 9.85. The fourth-order valence-electron chi connectivity index (χ4n) is 2.61. The summed E-state index contributed by atoms with van der Waals surface area (Å²) >= 11 is 0. The Hall–Kier alpha value is -2.03. The van der Waals surface area contributed by atoms with Gasteiger partial charge in [-0.25, -0.2) is 13.1 Å². The molecule has 28 heavy (non-hydrogen) atoms. The van der Waals surface area contributed by atoms with Crippen LogP contribution in [0, 0.1) is 13.8 Å². The number of sulfonamides is 1. The molecular formula is C20H26N2O4S2. The van der Waals surface area contributed by atoms with Crippen LogP contribution in [0.25, 0.3) is 0 Å². The first kappa shape index (κ1) is 22.3. The number of amides is 1. The maximum absolute atomic E-state index is 12.3. The molecule has 6 nitrogen and oxygen atoms in total. The van der Waals surface area contributed by atoms with Crippen molar-refractivity contribution in [1.82, 2.24) is 10.0 Å². The molecule has 0 spiro atoms. The second-order valence-electron chi connectivity index (χ2n) is 6.71. The molecule has 0 fully saturated rings. The minimum atomic E-state index is -3.65. The van der Waals surface area contributed by atoms with Gasteiger partial charge in [0.2, 0.25) is 15.9 Å². The summed E-state index contributed by atoms with van der Waals surface area (Å²) in [5.41, 5.74) is 2.80. The highest BCUT2D eigenvalue weighted by Crippen LogP contribution is 2.16. The van der Waals surface area contributed by atoms with Crippen molar-refractivity contribution >= 4 is 26.7 Å². The third kappa shape index (κ3) is 5.98. The Labute approximate surface area is 169 Å². The van der Waals surface area contributed by atoms with Gasteiger partial charge in [-0.2, -0.15) is 0 Å². The molecule has 0 saturated carbocycles. The van der Waals surface area contributed by atoms with E-state index in [1.165, 1.54) is 0 Å². The molecule has 2 aromatic rings. The molecule has 0 radical (unpaired) electrons. The topological polar surface area (TPSA) is 92.3 Å². The predicted molar refractivity (Wildman–Crippen MR) is 111 cm³/mol. The van der Waals surface area contributed by atoms with Gasteiger partial charge in [0.15, 0.2) is 0 Å². The zero-order chi connectivity index (χ0) is 20.9. The van der Waals surface area contributed by atoms with Gasteiger partial charge < -0.3 is 5.32 Å². The normalized spacial score (nSPS) is 13.7. The van der Waals surface area contributed by atoms with E-state index in [1.807, 2.05) is 32.9 Å². The van der Waals surface area contributed by atoms with Gasteiger partial charge in [-0.3, -0.25) is 9.00 Å². The first-order valence-corrected chi connectivity index (χ1v) is 11.9. The van der Waals surface area contributed by atoms with Crippen LogP contribution in [0.2, 0.25) is 0 Å². The van der Waals surface area contributed by atoms with Gasteiger partial charge in [0.1, 0.15) is 0 Å². The fourth-order valence-corrected chi connectivity index (χ4v) is 4.24. The Morgan fingerprint density at radius 1 is 1.07 bits per heavy atom. The van der Waals surface area contributed by atoms with Crippen molar-refractivity contribution in [3.05, 3.63) is 59.2 Å². The maximum Gasteiger partial charge on any atom is 0.240 e. The number of hydrogen-bond donors (Lipinski definition) is 2. The van der Waals surface area contributed by atoms with E-state index in [1.54, 1.807) is 36.6 Å². The van der Waals surface area contributed by atoms with E-state index in [0.717, 1.165) is 21.6 Å². The van der Waals surface area contributed by atoms with E-state index < -0.39 is 20.8 Å². The number of carbonyl (C=O) groups is 1. The van der Waals surface area contributed by atoms with E-state index in [4.69, 9.17) is 0 Å². The van der Waals surface area contributed by atoms with Gasteiger partial charge in [0.05, 0.1) is 10.9 Å². The molecule has 152 valence electrons. The van der Waals surface area contributed by atoms with Gasteiger partial charge >= 0.3 is 0 Å². The quantitative estimate of drug-likeness (QED) is 0.684. The summed E-state index contributed by atoms with van der Waals surface area (Å²) in [6.07, 6.45) is 1.64. The Bertz CT molecular complexity index is 970. The average Bonchev–Trinajstić information content (AvgIpc) is 2.63. The summed E-state index contributed by atoms with van der Waals surface area (Å²) in [5, 5.41) is 2.84. The third-order valence-electron chi connectivity index (χ3n) is 4.52. The summed E-state index contributed by atoms with van der Waals surface area (Å²) < 4.78 is 38.6. The van der Waals surface area contributed by atoms with Crippen LogP contribution in [0.1, 0.15) is 36.1 Å². The highest BCUT2D eigenvalue weighted by molar-refractivity contribution is 7.89. The standard InChI is InChI=1S/C20H26N2O4S2/c1-14-5-10-19(13-15(14)2)28(25,26)21-12-11-20(23)22-16(3)17-6-8-18(9-7-17)27(4)24/h5-10,13,16,21H,11-12H2,1-4H3,(H,22,23)/t16-,27+/m0/s1. The highest BCUT2D eigenvalue weighted by atomic mass is 32.2. The van der Waals surface area contributed by atoms with Crippen LogP contribution in [0.15, 0.2) is 52.3 Å². The van der Waals surface area contributed by atoms with Gasteiger partial charge in [0, 0.05) is 34.9 Å². The summed E-state index contributed by atoms with van der Waals surface area (Å²) in [6, 6.07) is 11.9. The number of rotatable bonds is 8. The van der Waals surface area contributed by atoms with Gasteiger partial charge in [-0.05, 0) is 61.7 Å². The number of benzene rings is 2. The van der Waals surface area contributed by atoms with Crippen LogP contribution in [0.3, 0.4) is 0 Å². The number of hydrogen-bond acceptors (Lipinski definition) is 4. The second kappa shape index (κ2) is 9.45. The zero-order valence-corrected chi connectivity index (χ0v) is 18.1. The molecule has 0 heterocycles. The smallest absolute Gasteiger partial charge is 0.240 e. The molecule has 0 aliphatic rings. The minimum absolute atomic E-state index is 0.0154. The average molecular weight is 423 g/mol. The first-order valence-electron chi connectivity index (χ1n) is 8.90. The number of carbonyl (C=O) groups excluding carboxylic acids is 1. The van der Waals surface area contributed by atoms with E-state index in [0.29, 0.717) is 0 Å². The van der Waals surface area contributed by atoms with Crippen LogP contribution in [-0.4, -0.2) is 31.3 Å². The number of nitrogens with one attached hydrogen (secondary N) is 2. The van der Waals surface area contributed by atoms with Crippen molar-refractivity contribution in [1.29, 1.82) is 0 Å². The third-order valence-corrected chi connectivity index (χ3v) is 6.92. The first-order chi connectivity index (χ1) is 13.1. The molecule has 2 N–H and O–H groups in total. The van der Waals surface area contributed by atoms with E-state index in [-0.39, 0.29) is 29.8 Å². The van der Waals surface area contributed by atoms with Crippen LogP contribution in [0.4, 0.5) is 0 Å². The highest BCUT2D eigenvalue weighted by Gasteiger charge is 2.16. The Balaban J connectivity index is 1.87. The molecule has 0 bridgehead atoms. The van der Waals surface area contributed by atoms with Crippen LogP contribution < -0.4 is 10.0 Å². The lowest BCUT2D eigenvalue weighted by atomic mass is 10.1. The molecule has 0 saturated heterocycles. The Morgan fingerprint density at radius 3 is 2.29 bits per heavy atom. The Morgan fingerprint density at radius 2 is 1.71 bits per heavy atom. The van der Waals surface area contributed by atoms with Crippen molar-refractivity contribution in [2.75, 3.05) is 12.8 Å². The summed E-state index contributed by atoms with van der Waals surface area (Å²) in [5.74, 6) is -0.251. The zero-order valence-electron chi connectivity index (χ0n) is 16.5. The SMILES string of the molecule is Cc1ccc(S(=O)(=O)NCCC(=O)N[C@@H](C)c2ccc([S@@](C)=O)cc2)cc1C. The van der Waals surface area contributed by atoms with Gasteiger partial charge in [-0.1, -0.05) is 18.2 Å². The molecule has 0 aromatic heterocycles. The van der Waals surface area contributed by atoms with E-state index in [2.05, 4.69) is 10.0 Å². The largest absolute Gasteiger partial charge is 0.350 e. The van der Waals surface area contributed by atoms with Crippen LogP contribution >= 0.6 is 0 Å². The molecule has 0 unspecified atom stereocenters. The van der Waals surface area contributed by atoms with Crippen LogP contribution in [-0.2, 0) is 25.6 Å². The van der Waals surface area contributed by atoms with E-state index in [9.17, 15) is 17.4 Å². The monoisotopic (exact) mass is 422 g/mol. The molecule has 0 aliphatic heterocycles. The van der Waals surface area contributed by atoms with Gasteiger partial charge in [-0.15, -0.1) is 0 Å². The molecule has 2 aromatic carbocycles. The Kier molecular flexibility index (Phi) is 7.51.